The zero-order chi connectivity index (χ0) is 14.4. The SMILES string of the molecule is CC(C)C1CCCCC1Nc1cccc(CCCO)c1. The van der Waals surface area contributed by atoms with Gasteiger partial charge in [-0.1, -0.05) is 38.8 Å². The summed E-state index contributed by atoms with van der Waals surface area (Å²) in [4.78, 5) is 0. The van der Waals surface area contributed by atoms with E-state index in [4.69, 9.17) is 5.11 Å². The van der Waals surface area contributed by atoms with Crippen molar-refractivity contribution in [3.8, 4) is 0 Å². The van der Waals surface area contributed by atoms with Crippen molar-refractivity contribution in [1.82, 2.24) is 0 Å². The Labute approximate surface area is 123 Å². The van der Waals surface area contributed by atoms with Gasteiger partial charge in [-0.05, 0) is 55.2 Å². The van der Waals surface area contributed by atoms with E-state index in [9.17, 15) is 0 Å². The summed E-state index contributed by atoms with van der Waals surface area (Å²) in [5.74, 6) is 1.55. The molecule has 0 saturated heterocycles. The zero-order valence-electron chi connectivity index (χ0n) is 12.9. The minimum absolute atomic E-state index is 0.274. The molecule has 20 heavy (non-hydrogen) atoms. The average Bonchev–Trinajstić information content (AvgIpc) is 2.46. The summed E-state index contributed by atoms with van der Waals surface area (Å²) in [7, 11) is 0. The second-order valence-corrected chi connectivity index (χ2v) is 6.47. The van der Waals surface area contributed by atoms with Gasteiger partial charge in [-0.15, -0.1) is 0 Å². The van der Waals surface area contributed by atoms with Crippen LogP contribution in [0, 0.1) is 11.8 Å². The van der Waals surface area contributed by atoms with Crippen molar-refractivity contribution in [2.24, 2.45) is 11.8 Å². The average molecular weight is 275 g/mol. The Hall–Kier alpha value is -1.02. The summed E-state index contributed by atoms with van der Waals surface area (Å²) in [5.41, 5.74) is 2.57. The fourth-order valence-corrected chi connectivity index (χ4v) is 3.45. The molecule has 0 amide bonds. The monoisotopic (exact) mass is 275 g/mol. The Balaban J connectivity index is 2.00. The van der Waals surface area contributed by atoms with Crippen molar-refractivity contribution in [3.05, 3.63) is 29.8 Å². The van der Waals surface area contributed by atoms with Crippen molar-refractivity contribution in [2.75, 3.05) is 11.9 Å². The number of aliphatic hydroxyl groups excluding tert-OH is 1. The highest BCUT2D eigenvalue weighted by Crippen LogP contribution is 2.32. The number of anilines is 1. The molecule has 0 aliphatic heterocycles. The van der Waals surface area contributed by atoms with Crippen molar-refractivity contribution in [1.29, 1.82) is 0 Å². The number of nitrogens with one attached hydrogen (secondary N) is 1. The number of hydrogen-bond acceptors (Lipinski definition) is 2. The molecule has 1 fully saturated rings. The molecular formula is C18H29NO. The number of hydrogen-bond donors (Lipinski definition) is 2. The summed E-state index contributed by atoms with van der Waals surface area (Å²) >= 11 is 0. The second kappa shape index (κ2) is 7.68. The first kappa shape index (κ1) is 15.4. The summed E-state index contributed by atoms with van der Waals surface area (Å²) in [6, 6.07) is 9.33. The molecule has 0 aromatic heterocycles. The number of aliphatic hydroxyl groups is 1. The standard InChI is InChI=1S/C18H29NO/c1-14(2)17-10-3-4-11-18(17)19-16-9-5-7-15(13-16)8-6-12-20/h5,7,9,13-14,17-20H,3-4,6,8,10-12H2,1-2H3. The van der Waals surface area contributed by atoms with Gasteiger partial charge in [-0.2, -0.15) is 0 Å². The van der Waals surface area contributed by atoms with Crippen LogP contribution in [0.25, 0.3) is 0 Å². The van der Waals surface area contributed by atoms with Gasteiger partial charge in [0.15, 0.2) is 0 Å². The Morgan fingerprint density at radius 3 is 2.80 bits per heavy atom. The van der Waals surface area contributed by atoms with Crippen LogP contribution < -0.4 is 5.32 Å². The summed E-state index contributed by atoms with van der Waals surface area (Å²) in [5, 5.41) is 12.7. The Morgan fingerprint density at radius 1 is 1.25 bits per heavy atom. The molecule has 1 aromatic carbocycles. The number of rotatable bonds is 6. The van der Waals surface area contributed by atoms with Crippen LogP contribution in [0.1, 0.15) is 51.5 Å². The third-order valence-electron chi connectivity index (χ3n) is 4.58. The second-order valence-electron chi connectivity index (χ2n) is 6.47. The van der Waals surface area contributed by atoms with Gasteiger partial charge in [0.05, 0.1) is 0 Å². The van der Waals surface area contributed by atoms with Crippen LogP contribution in [0.15, 0.2) is 24.3 Å². The van der Waals surface area contributed by atoms with Crippen LogP contribution in [0.5, 0.6) is 0 Å². The van der Waals surface area contributed by atoms with Crippen molar-refractivity contribution in [3.63, 3.8) is 0 Å². The molecule has 0 spiro atoms. The molecule has 2 N–H and O–H groups in total. The van der Waals surface area contributed by atoms with Crippen LogP contribution in [0.3, 0.4) is 0 Å². The molecular weight excluding hydrogens is 246 g/mol. The van der Waals surface area contributed by atoms with Gasteiger partial charge in [0.25, 0.3) is 0 Å². The molecule has 1 saturated carbocycles. The molecule has 1 aromatic rings. The van der Waals surface area contributed by atoms with Crippen LogP contribution in [-0.2, 0) is 6.42 Å². The summed E-state index contributed by atoms with van der Waals surface area (Å²) in [6.07, 6.45) is 7.21. The van der Waals surface area contributed by atoms with Crippen LogP contribution in [-0.4, -0.2) is 17.8 Å². The lowest BCUT2D eigenvalue weighted by atomic mass is 9.78. The lowest BCUT2D eigenvalue weighted by Gasteiger charge is -2.35. The first-order valence-corrected chi connectivity index (χ1v) is 8.17. The molecule has 2 rings (SSSR count). The van der Waals surface area contributed by atoms with Crippen molar-refractivity contribution < 1.29 is 5.11 Å². The molecule has 2 nitrogen and oxygen atoms in total. The van der Waals surface area contributed by atoms with E-state index < -0.39 is 0 Å². The molecule has 0 heterocycles. The van der Waals surface area contributed by atoms with Crippen molar-refractivity contribution in [2.45, 2.75) is 58.4 Å². The minimum Gasteiger partial charge on any atom is -0.396 e. The lowest BCUT2D eigenvalue weighted by molar-refractivity contribution is 0.254. The highest BCUT2D eigenvalue weighted by Gasteiger charge is 2.27. The third-order valence-corrected chi connectivity index (χ3v) is 4.58. The fraction of sp³-hybridized carbons (Fsp3) is 0.667. The first-order valence-electron chi connectivity index (χ1n) is 8.17. The Kier molecular flexibility index (Phi) is 5.90. The van der Waals surface area contributed by atoms with E-state index in [1.807, 2.05) is 0 Å². The molecule has 2 unspecified atom stereocenters. The van der Waals surface area contributed by atoms with Gasteiger partial charge in [0.2, 0.25) is 0 Å². The predicted octanol–water partition coefficient (Wildman–Crippen LogP) is 4.24. The summed E-state index contributed by atoms with van der Waals surface area (Å²) < 4.78 is 0. The van der Waals surface area contributed by atoms with Gasteiger partial charge in [-0.25, -0.2) is 0 Å². The Morgan fingerprint density at radius 2 is 2.05 bits per heavy atom. The van der Waals surface area contributed by atoms with Crippen LogP contribution in [0.2, 0.25) is 0 Å². The summed E-state index contributed by atoms with van der Waals surface area (Å²) in [6.45, 7) is 4.97. The molecule has 1 aliphatic carbocycles. The molecule has 2 atom stereocenters. The van der Waals surface area contributed by atoms with E-state index in [1.165, 1.54) is 36.9 Å². The van der Waals surface area contributed by atoms with Crippen molar-refractivity contribution >= 4 is 5.69 Å². The lowest BCUT2D eigenvalue weighted by Crippen LogP contribution is -2.35. The van der Waals surface area contributed by atoms with Gasteiger partial charge in [0, 0.05) is 18.3 Å². The maximum atomic E-state index is 8.94. The molecule has 0 bridgehead atoms. The largest absolute Gasteiger partial charge is 0.396 e. The van der Waals surface area contributed by atoms with Gasteiger partial charge < -0.3 is 10.4 Å². The van der Waals surface area contributed by atoms with E-state index in [2.05, 4.69) is 43.4 Å². The quantitative estimate of drug-likeness (QED) is 0.814. The topological polar surface area (TPSA) is 32.3 Å². The molecule has 0 radical (unpaired) electrons. The van der Waals surface area contributed by atoms with E-state index in [0.717, 1.165) is 24.7 Å². The normalized spacial score (nSPS) is 23.0. The first-order chi connectivity index (χ1) is 9.70. The predicted molar refractivity (Wildman–Crippen MR) is 86.1 cm³/mol. The zero-order valence-corrected chi connectivity index (χ0v) is 12.9. The highest BCUT2D eigenvalue weighted by atomic mass is 16.2. The number of aryl methyl sites for hydroxylation is 1. The van der Waals surface area contributed by atoms with Gasteiger partial charge in [0.1, 0.15) is 0 Å². The Bertz CT molecular complexity index is 402. The van der Waals surface area contributed by atoms with E-state index in [-0.39, 0.29) is 6.61 Å². The molecule has 1 aliphatic rings. The third kappa shape index (κ3) is 4.24. The smallest absolute Gasteiger partial charge is 0.0434 e. The van der Waals surface area contributed by atoms with E-state index in [0.29, 0.717) is 6.04 Å². The number of benzene rings is 1. The van der Waals surface area contributed by atoms with Gasteiger partial charge in [-0.3, -0.25) is 0 Å². The van der Waals surface area contributed by atoms with Gasteiger partial charge >= 0.3 is 0 Å². The molecule has 2 heteroatoms. The van der Waals surface area contributed by atoms with Crippen LogP contribution >= 0.6 is 0 Å². The molecule has 112 valence electrons. The maximum absolute atomic E-state index is 8.94. The van der Waals surface area contributed by atoms with E-state index in [1.54, 1.807) is 0 Å². The fourth-order valence-electron chi connectivity index (χ4n) is 3.45. The minimum atomic E-state index is 0.274. The highest BCUT2D eigenvalue weighted by molar-refractivity contribution is 5.46. The van der Waals surface area contributed by atoms with Crippen LogP contribution in [0.4, 0.5) is 5.69 Å². The van der Waals surface area contributed by atoms with E-state index >= 15 is 0 Å². The maximum Gasteiger partial charge on any atom is 0.0434 e.